The average Bonchev–Trinajstić information content (AvgIpc) is 2.37. The number of carboxylic acid groups (broad SMARTS) is 1. The Kier molecular flexibility index (Phi) is 5.40. The molecule has 0 radical (unpaired) electrons. The summed E-state index contributed by atoms with van der Waals surface area (Å²) in [6, 6.07) is 2.50. The second-order valence-corrected chi connectivity index (χ2v) is 3.88. The lowest BCUT2D eigenvalue weighted by Gasteiger charge is -2.12. The largest absolute Gasteiger partial charge is 0.478 e. The number of anilines is 1. The predicted molar refractivity (Wildman–Crippen MR) is 66.5 cm³/mol. The predicted octanol–water partition coefficient (Wildman–Crippen LogP) is 0.826. The van der Waals surface area contributed by atoms with Gasteiger partial charge in [-0.3, -0.25) is 4.79 Å². The van der Waals surface area contributed by atoms with Crippen molar-refractivity contribution in [3.63, 3.8) is 0 Å². The van der Waals surface area contributed by atoms with E-state index in [1.54, 1.807) is 0 Å². The first-order valence-corrected chi connectivity index (χ1v) is 5.54. The summed E-state index contributed by atoms with van der Waals surface area (Å²) in [5, 5.41) is 11.2. The van der Waals surface area contributed by atoms with Crippen molar-refractivity contribution in [2.45, 2.75) is 12.5 Å². The van der Waals surface area contributed by atoms with Crippen molar-refractivity contribution >= 4 is 17.6 Å². The molecule has 1 unspecified atom stereocenters. The Morgan fingerprint density at radius 2 is 2.21 bits per heavy atom. The highest BCUT2D eigenvalue weighted by Crippen LogP contribution is 2.15. The summed E-state index contributed by atoms with van der Waals surface area (Å²) >= 11 is 0. The van der Waals surface area contributed by atoms with Gasteiger partial charge in [-0.1, -0.05) is 0 Å². The van der Waals surface area contributed by atoms with Gasteiger partial charge in [0.2, 0.25) is 5.91 Å². The average molecular weight is 270 g/mol. The molecule has 0 aromatic heterocycles. The molecule has 0 bridgehead atoms. The zero-order chi connectivity index (χ0) is 14.4. The van der Waals surface area contributed by atoms with Crippen LogP contribution in [0.15, 0.2) is 18.2 Å². The number of carboxylic acids is 1. The first kappa shape index (κ1) is 15.1. The maximum Gasteiger partial charge on any atom is 0.338 e. The van der Waals surface area contributed by atoms with Crippen molar-refractivity contribution in [3.8, 4) is 0 Å². The number of nitrogens with one attached hydrogen (secondary N) is 1. The Morgan fingerprint density at radius 1 is 1.53 bits per heavy atom. The number of rotatable bonds is 6. The van der Waals surface area contributed by atoms with Gasteiger partial charge in [0.15, 0.2) is 0 Å². The van der Waals surface area contributed by atoms with Crippen LogP contribution in [0.2, 0.25) is 0 Å². The van der Waals surface area contributed by atoms with Crippen LogP contribution in [0.25, 0.3) is 0 Å². The van der Waals surface area contributed by atoms with E-state index in [2.05, 4.69) is 5.32 Å². The van der Waals surface area contributed by atoms with Crippen LogP contribution in [0, 0.1) is 5.82 Å². The molecular weight excluding hydrogens is 255 g/mol. The zero-order valence-corrected chi connectivity index (χ0v) is 10.4. The molecule has 0 aliphatic heterocycles. The van der Waals surface area contributed by atoms with E-state index in [-0.39, 0.29) is 5.69 Å². The molecule has 0 aliphatic carbocycles. The number of hydrogen-bond donors (Lipinski definition) is 3. The van der Waals surface area contributed by atoms with Gasteiger partial charge in [-0.05, 0) is 24.6 Å². The molecule has 4 N–H and O–H groups in total. The molecule has 0 spiro atoms. The van der Waals surface area contributed by atoms with Gasteiger partial charge in [0.05, 0.1) is 11.6 Å². The third kappa shape index (κ3) is 4.31. The third-order valence-electron chi connectivity index (χ3n) is 2.43. The summed E-state index contributed by atoms with van der Waals surface area (Å²) < 4.78 is 17.9. The number of carbonyl (C=O) groups is 2. The number of nitrogens with two attached hydrogens (primary N) is 1. The minimum atomic E-state index is -1.41. The highest BCUT2D eigenvalue weighted by atomic mass is 19.1. The van der Waals surface area contributed by atoms with Gasteiger partial charge in [0.1, 0.15) is 5.82 Å². The molecule has 0 heterocycles. The van der Waals surface area contributed by atoms with Crippen LogP contribution in [0.3, 0.4) is 0 Å². The lowest BCUT2D eigenvalue weighted by Crippen LogP contribution is -2.36. The van der Waals surface area contributed by atoms with Gasteiger partial charge in [0, 0.05) is 19.4 Å². The molecule has 1 aromatic carbocycles. The summed E-state index contributed by atoms with van der Waals surface area (Å²) in [5.41, 5.74) is 5.26. The second-order valence-electron chi connectivity index (χ2n) is 3.88. The normalized spacial score (nSPS) is 11.9. The van der Waals surface area contributed by atoms with Crippen molar-refractivity contribution in [3.05, 3.63) is 29.6 Å². The molecule has 1 amide bonds. The fourth-order valence-corrected chi connectivity index (χ4v) is 1.38. The molecule has 19 heavy (non-hydrogen) atoms. The molecule has 0 saturated carbocycles. The quantitative estimate of drug-likeness (QED) is 0.710. The molecule has 6 nitrogen and oxygen atoms in total. The van der Waals surface area contributed by atoms with Gasteiger partial charge >= 0.3 is 5.97 Å². The summed E-state index contributed by atoms with van der Waals surface area (Å²) in [4.78, 5) is 22.4. The molecule has 0 saturated heterocycles. The number of halogens is 1. The number of ether oxygens (including phenoxy) is 1. The number of amides is 1. The van der Waals surface area contributed by atoms with Crippen LogP contribution in [0.1, 0.15) is 16.8 Å². The Balaban J connectivity index is 2.74. The van der Waals surface area contributed by atoms with Crippen LogP contribution in [0.4, 0.5) is 10.1 Å². The topological polar surface area (TPSA) is 102 Å². The number of aromatic carboxylic acids is 1. The Bertz CT molecular complexity index is 479. The van der Waals surface area contributed by atoms with Gasteiger partial charge in [-0.15, -0.1) is 0 Å². The van der Waals surface area contributed by atoms with Crippen LogP contribution >= 0.6 is 0 Å². The molecular formula is C12H15FN2O4. The van der Waals surface area contributed by atoms with E-state index in [9.17, 15) is 14.0 Å². The highest BCUT2D eigenvalue weighted by molar-refractivity contribution is 5.96. The standard InChI is InChI=1S/C12H15FN2O4/c1-19-5-4-10(14)11(16)15-7-2-3-9(13)8(6-7)12(17)18/h2-3,6,10H,4-5,14H2,1H3,(H,15,16)(H,17,18). The van der Waals surface area contributed by atoms with Gasteiger partial charge in [-0.2, -0.15) is 0 Å². The van der Waals surface area contributed by atoms with Crippen LogP contribution in [-0.2, 0) is 9.53 Å². The Hall–Kier alpha value is -1.99. The Morgan fingerprint density at radius 3 is 2.79 bits per heavy atom. The van der Waals surface area contributed by atoms with E-state index in [4.69, 9.17) is 15.6 Å². The maximum absolute atomic E-state index is 13.1. The van der Waals surface area contributed by atoms with Crippen molar-refractivity contribution in [1.29, 1.82) is 0 Å². The lowest BCUT2D eigenvalue weighted by atomic mass is 10.1. The van der Waals surface area contributed by atoms with E-state index in [0.29, 0.717) is 13.0 Å². The SMILES string of the molecule is COCCC(N)C(=O)Nc1ccc(F)c(C(=O)O)c1. The van der Waals surface area contributed by atoms with Gasteiger partial charge in [-0.25, -0.2) is 9.18 Å². The smallest absolute Gasteiger partial charge is 0.338 e. The maximum atomic E-state index is 13.1. The van der Waals surface area contributed by atoms with Crippen LogP contribution < -0.4 is 11.1 Å². The molecule has 1 aromatic rings. The minimum Gasteiger partial charge on any atom is -0.478 e. The van der Waals surface area contributed by atoms with Gasteiger partial charge < -0.3 is 20.9 Å². The number of methoxy groups -OCH3 is 1. The van der Waals surface area contributed by atoms with Crippen molar-refractivity contribution < 1.29 is 23.8 Å². The van der Waals surface area contributed by atoms with E-state index in [1.807, 2.05) is 0 Å². The van der Waals surface area contributed by atoms with E-state index in [0.717, 1.165) is 12.1 Å². The second kappa shape index (κ2) is 6.81. The first-order valence-electron chi connectivity index (χ1n) is 5.54. The van der Waals surface area contributed by atoms with Crippen LogP contribution in [0.5, 0.6) is 0 Å². The summed E-state index contributed by atoms with van der Waals surface area (Å²) in [6.07, 6.45) is 0.329. The van der Waals surface area contributed by atoms with Crippen molar-refractivity contribution in [1.82, 2.24) is 0 Å². The van der Waals surface area contributed by atoms with E-state index in [1.165, 1.54) is 13.2 Å². The summed E-state index contributed by atoms with van der Waals surface area (Å²) in [5.74, 6) is -2.76. The van der Waals surface area contributed by atoms with Crippen molar-refractivity contribution in [2.75, 3.05) is 19.0 Å². The summed E-state index contributed by atoms with van der Waals surface area (Å²) in [7, 11) is 1.49. The van der Waals surface area contributed by atoms with Gasteiger partial charge in [0.25, 0.3) is 0 Å². The molecule has 1 rings (SSSR count). The fraction of sp³-hybridized carbons (Fsp3) is 0.333. The number of hydrogen-bond acceptors (Lipinski definition) is 4. The number of carbonyl (C=O) groups excluding carboxylic acids is 1. The molecule has 0 aliphatic rings. The lowest BCUT2D eigenvalue weighted by molar-refractivity contribution is -0.117. The Labute approximate surface area is 109 Å². The molecule has 104 valence electrons. The third-order valence-corrected chi connectivity index (χ3v) is 2.43. The zero-order valence-electron chi connectivity index (χ0n) is 10.4. The molecule has 1 atom stereocenters. The molecule has 0 fully saturated rings. The summed E-state index contributed by atoms with van der Waals surface area (Å²) in [6.45, 7) is 0.332. The fourth-order valence-electron chi connectivity index (χ4n) is 1.38. The first-order chi connectivity index (χ1) is 8.95. The highest BCUT2D eigenvalue weighted by Gasteiger charge is 2.15. The van der Waals surface area contributed by atoms with E-state index < -0.39 is 29.3 Å². The molecule has 7 heteroatoms. The monoisotopic (exact) mass is 270 g/mol. The van der Waals surface area contributed by atoms with E-state index >= 15 is 0 Å². The minimum absolute atomic E-state index is 0.177. The number of benzene rings is 1. The van der Waals surface area contributed by atoms with Crippen LogP contribution in [-0.4, -0.2) is 36.7 Å². The van der Waals surface area contributed by atoms with Crippen molar-refractivity contribution in [2.24, 2.45) is 5.73 Å².